The molecule has 0 amide bonds. The quantitative estimate of drug-likeness (QED) is 0.577. The Morgan fingerprint density at radius 2 is 2.36 bits per heavy atom. The van der Waals surface area contributed by atoms with Crippen LogP contribution in [0.25, 0.3) is 0 Å². The predicted molar refractivity (Wildman–Crippen MR) is 63.0 cm³/mol. The third kappa shape index (κ3) is 5.57. The number of hydrogen-bond acceptors (Lipinski definition) is 5. The van der Waals surface area contributed by atoms with Gasteiger partial charge in [0.05, 0.1) is 0 Å². The van der Waals surface area contributed by atoms with Crippen LogP contribution in [0.5, 0.6) is 0 Å². The number of thioether (sulfide) groups is 1. The van der Waals surface area contributed by atoms with E-state index in [1.165, 1.54) is 12.8 Å². The van der Waals surface area contributed by atoms with E-state index in [0.717, 1.165) is 16.6 Å². The van der Waals surface area contributed by atoms with Crippen LogP contribution in [-0.4, -0.2) is 28.5 Å². The van der Waals surface area contributed by atoms with Gasteiger partial charge in [0.15, 0.2) is 4.34 Å². The van der Waals surface area contributed by atoms with Crippen LogP contribution in [0.2, 0.25) is 0 Å². The Labute approximate surface area is 93.7 Å². The Morgan fingerprint density at radius 1 is 1.50 bits per heavy atom. The van der Waals surface area contributed by atoms with Crippen molar-refractivity contribution in [3.63, 3.8) is 0 Å². The molecule has 0 saturated heterocycles. The summed E-state index contributed by atoms with van der Waals surface area (Å²) in [6, 6.07) is 0.603. The Bertz CT molecular complexity index is 224. The van der Waals surface area contributed by atoms with E-state index in [2.05, 4.69) is 29.4 Å². The van der Waals surface area contributed by atoms with Gasteiger partial charge < -0.3 is 5.32 Å². The third-order valence-corrected chi connectivity index (χ3v) is 3.64. The van der Waals surface area contributed by atoms with E-state index >= 15 is 0 Å². The molecule has 0 unspecified atom stereocenters. The van der Waals surface area contributed by atoms with Gasteiger partial charge in [0.25, 0.3) is 0 Å². The van der Waals surface area contributed by atoms with Crippen LogP contribution in [-0.2, 0) is 0 Å². The van der Waals surface area contributed by atoms with E-state index in [-0.39, 0.29) is 0 Å². The fourth-order valence-electron chi connectivity index (χ4n) is 1.00. The summed E-state index contributed by atoms with van der Waals surface area (Å²) in [6.45, 7) is 5.47. The first-order valence-corrected chi connectivity index (χ1v) is 6.78. The zero-order chi connectivity index (χ0) is 10.2. The normalized spacial score (nSPS) is 11.1. The highest BCUT2D eigenvalue weighted by Gasteiger charge is 1.97. The van der Waals surface area contributed by atoms with Crippen molar-refractivity contribution in [3.8, 4) is 0 Å². The molecule has 3 nitrogen and oxygen atoms in total. The molecule has 0 aliphatic carbocycles. The molecule has 1 heterocycles. The summed E-state index contributed by atoms with van der Waals surface area (Å²) < 4.78 is 1.09. The van der Waals surface area contributed by atoms with Crippen molar-refractivity contribution >= 4 is 23.1 Å². The molecule has 0 aliphatic rings. The number of nitrogens with one attached hydrogen (secondary N) is 1. The second-order valence-corrected chi connectivity index (χ2v) is 5.54. The maximum atomic E-state index is 3.98. The van der Waals surface area contributed by atoms with E-state index in [1.807, 2.05) is 0 Å². The molecule has 1 N–H and O–H groups in total. The van der Waals surface area contributed by atoms with Crippen molar-refractivity contribution in [1.82, 2.24) is 15.5 Å². The van der Waals surface area contributed by atoms with E-state index in [9.17, 15) is 0 Å². The molecular formula is C9H17N3S2. The fraction of sp³-hybridized carbons (Fsp3) is 0.778. The van der Waals surface area contributed by atoms with Gasteiger partial charge in [-0.25, -0.2) is 0 Å². The van der Waals surface area contributed by atoms with Crippen LogP contribution in [0.1, 0.15) is 26.7 Å². The first-order chi connectivity index (χ1) is 6.79. The van der Waals surface area contributed by atoms with Gasteiger partial charge in [-0.15, -0.1) is 10.2 Å². The molecule has 0 aromatic carbocycles. The Morgan fingerprint density at radius 3 is 3.00 bits per heavy atom. The Kier molecular flexibility index (Phi) is 6.14. The molecule has 0 aliphatic heterocycles. The van der Waals surface area contributed by atoms with Gasteiger partial charge in [-0.1, -0.05) is 36.9 Å². The first-order valence-electron chi connectivity index (χ1n) is 4.91. The van der Waals surface area contributed by atoms with Gasteiger partial charge in [0.2, 0.25) is 0 Å². The number of nitrogens with zero attached hydrogens (tertiary/aromatic N) is 2. The van der Waals surface area contributed by atoms with Crippen molar-refractivity contribution in [2.45, 2.75) is 37.1 Å². The first kappa shape index (κ1) is 11.9. The Hall–Kier alpha value is -0.130. The number of hydrogen-bond donors (Lipinski definition) is 1. The minimum atomic E-state index is 0.603. The van der Waals surface area contributed by atoms with E-state index in [0.29, 0.717) is 6.04 Å². The summed E-state index contributed by atoms with van der Waals surface area (Å²) in [6.07, 6.45) is 2.48. The molecule has 0 bridgehead atoms. The van der Waals surface area contributed by atoms with Gasteiger partial charge in [0.1, 0.15) is 5.51 Å². The molecule has 0 spiro atoms. The topological polar surface area (TPSA) is 37.8 Å². The summed E-state index contributed by atoms with van der Waals surface area (Å²) >= 11 is 3.42. The van der Waals surface area contributed by atoms with Crippen LogP contribution in [0.4, 0.5) is 0 Å². The molecule has 0 saturated carbocycles. The van der Waals surface area contributed by atoms with Gasteiger partial charge in [-0.05, 0) is 19.4 Å². The minimum absolute atomic E-state index is 0.603. The van der Waals surface area contributed by atoms with Gasteiger partial charge >= 0.3 is 0 Å². The van der Waals surface area contributed by atoms with Crippen molar-refractivity contribution < 1.29 is 0 Å². The smallest absolute Gasteiger partial charge is 0.174 e. The number of rotatable bonds is 7. The average Bonchev–Trinajstić information content (AvgIpc) is 2.63. The van der Waals surface area contributed by atoms with Crippen LogP contribution in [0.3, 0.4) is 0 Å². The van der Waals surface area contributed by atoms with Crippen LogP contribution in [0, 0.1) is 0 Å². The van der Waals surface area contributed by atoms with Crippen molar-refractivity contribution in [3.05, 3.63) is 5.51 Å². The second-order valence-electron chi connectivity index (χ2n) is 3.37. The largest absolute Gasteiger partial charge is 0.315 e. The molecule has 0 atom stereocenters. The van der Waals surface area contributed by atoms with Crippen molar-refractivity contribution in [2.24, 2.45) is 0 Å². The zero-order valence-electron chi connectivity index (χ0n) is 8.69. The SMILES string of the molecule is CC(C)NCCCCSc1nncs1. The summed E-state index contributed by atoms with van der Waals surface area (Å²) in [5.41, 5.74) is 1.78. The van der Waals surface area contributed by atoms with Gasteiger partial charge in [-0.2, -0.15) is 0 Å². The lowest BCUT2D eigenvalue weighted by molar-refractivity contribution is 0.567. The number of unbranched alkanes of at least 4 members (excludes halogenated alkanes) is 1. The maximum absolute atomic E-state index is 3.98. The average molecular weight is 231 g/mol. The van der Waals surface area contributed by atoms with Crippen molar-refractivity contribution in [2.75, 3.05) is 12.3 Å². The van der Waals surface area contributed by atoms with Gasteiger partial charge in [0, 0.05) is 11.8 Å². The van der Waals surface area contributed by atoms with Crippen LogP contribution < -0.4 is 5.32 Å². The molecule has 0 fully saturated rings. The Balaban J connectivity index is 1.90. The highest BCUT2D eigenvalue weighted by Crippen LogP contribution is 2.19. The second kappa shape index (κ2) is 7.20. The molecule has 80 valence electrons. The monoisotopic (exact) mass is 231 g/mol. The highest BCUT2D eigenvalue weighted by molar-refractivity contribution is 8.00. The molecule has 5 heteroatoms. The molecule has 1 aromatic heterocycles. The molecule has 1 aromatic rings. The highest BCUT2D eigenvalue weighted by atomic mass is 32.2. The standard InChI is InChI=1S/C9H17N3S2/c1-8(2)10-5-3-4-6-13-9-12-11-7-14-9/h7-8,10H,3-6H2,1-2H3. The summed E-state index contributed by atoms with van der Waals surface area (Å²) in [7, 11) is 0. The molecular weight excluding hydrogens is 214 g/mol. The third-order valence-electron chi connectivity index (χ3n) is 1.69. The molecule has 1 rings (SSSR count). The number of aromatic nitrogens is 2. The zero-order valence-corrected chi connectivity index (χ0v) is 10.3. The van der Waals surface area contributed by atoms with Crippen LogP contribution >= 0.6 is 23.1 Å². The predicted octanol–water partition coefficient (Wildman–Crippen LogP) is 2.41. The van der Waals surface area contributed by atoms with E-state index < -0.39 is 0 Å². The maximum Gasteiger partial charge on any atom is 0.174 e. The summed E-state index contributed by atoms with van der Waals surface area (Å²) in [5, 5.41) is 11.2. The lowest BCUT2D eigenvalue weighted by Crippen LogP contribution is -2.23. The van der Waals surface area contributed by atoms with Gasteiger partial charge in [-0.3, -0.25) is 0 Å². The fourth-order valence-corrected chi connectivity index (χ4v) is 2.56. The summed E-state index contributed by atoms with van der Waals surface area (Å²) in [5.74, 6) is 1.15. The van der Waals surface area contributed by atoms with E-state index in [1.54, 1.807) is 28.6 Å². The minimum Gasteiger partial charge on any atom is -0.315 e. The summed E-state index contributed by atoms with van der Waals surface area (Å²) in [4.78, 5) is 0. The lowest BCUT2D eigenvalue weighted by atomic mass is 10.3. The van der Waals surface area contributed by atoms with E-state index in [4.69, 9.17) is 0 Å². The lowest BCUT2D eigenvalue weighted by Gasteiger charge is -2.06. The van der Waals surface area contributed by atoms with Crippen molar-refractivity contribution in [1.29, 1.82) is 0 Å². The molecule has 14 heavy (non-hydrogen) atoms. The van der Waals surface area contributed by atoms with Crippen LogP contribution in [0.15, 0.2) is 9.85 Å². The molecule has 0 radical (unpaired) electrons.